The average molecular weight is 379 g/mol. The van der Waals surface area contributed by atoms with E-state index in [1.54, 1.807) is 26.1 Å². The summed E-state index contributed by atoms with van der Waals surface area (Å²) in [7, 11) is -3.60. The summed E-state index contributed by atoms with van der Waals surface area (Å²) in [6.45, 7) is 4.89. The van der Waals surface area contributed by atoms with Crippen molar-refractivity contribution in [3.63, 3.8) is 0 Å². The van der Waals surface area contributed by atoms with Crippen LogP contribution in [-0.2, 0) is 19.6 Å². The number of hydrogen-bond donors (Lipinski definition) is 3. The number of anilines is 1. The summed E-state index contributed by atoms with van der Waals surface area (Å²) < 4.78 is 31.7. The Kier molecular flexibility index (Phi) is 6.17. The zero-order valence-corrected chi connectivity index (χ0v) is 15.5. The molecule has 1 amide bonds. The van der Waals surface area contributed by atoms with Gasteiger partial charge in [-0.15, -0.1) is 0 Å². The number of esters is 1. The van der Waals surface area contributed by atoms with Gasteiger partial charge in [-0.05, 0) is 57.2 Å². The maximum absolute atomic E-state index is 12.1. The third kappa shape index (κ3) is 5.17. The van der Waals surface area contributed by atoms with Gasteiger partial charge >= 0.3 is 5.97 Å². The molecule has 0 aliphatic rings. The minimum atomic E-state index is -3.60. The minimum absolute atomic E-state index is 0.0930. The van der Waals surface area contributed by atoms with Crippen molar-refractivity contribution >= 4 is 27.6 Å². The second kappa shape index (κ2) is 8.15. The van der Waals surface area contributed by atoms with Crippen molar-refractivity contribution in [2.45, 2.75) is 37.8 Å². The van der Waals surface area contributed by atoms with Crippen molar-refractivity contribution in [3.05, 3.63) is 48.3 Å². The topological polar surface area (TPSA) is 117 Å². The summed E-state index contributed by atoms with van der Waals surface area (Å²) in [5, 5.41) is 2.57. The van der Waals surface area contributed by atoms with Gasteiger partial charge < -0.3 is 15.0 Å². The zero-order chi connectivity index (χ0) is 19.3. The highest BCUT2D eigenvalue weighted by Gasteiger charge is 2.20. The summed E-state index contributed by atoms with van der Waals surface area (Å²) in [5.41, 5.74) is 0.637. The van der Waals surface area contributed by atoms with Gasteiger partial charge in [0.1, 0.15) is 5.69 Å². The number of carbonyl (C=O) groups excluding carboxylic acids is 2. The van der Waals surface area contributed by atoms with E-state index in [-0.39, 0.29) is 16.6 Å². The number of rotatable bonds is 7. The van der Waals surface area contributed by atoms with Crippen LogP contribution in [0, 0.1) is 0 Å². The Morgan fingerprint density at radius 2 is 1.73 bits per heavy atom. The molecule has 1 heterocycles. The number of H-pyrrole nitrogens is 1. The highest BCUT2D eigenvalue weighted by molar-refractivity contribution is 7.89. The van der Waals surface area contributed by atoms with Crippen molar-refractivity contribution in [1.82, 2.24) is 9.71 Å². The Hall–Kier alpha value is -2.65. The van der Waals surface area contributed by atoms with E-state index >= 15 is 0 Å². The van der Waals surface area contributed by atoms with Gasteiger partial charge in [0.05, 0.1) is 4.90 Å². The molecule has 1 atom stereocenters. The lowest BCUT2D eigenvalue weighted by atomic mass is 10.3. The van der Waals surface area contributed by atoms with E-state index in [4.69, 9.17) is 4.74 Å². The zero-order valence-electron chi connectivity index (χ0n) is 14.6. The lowest BCUT2D eigenvalue weighted by Gasteiger charge is -2.14. The van der Waals surface area contributed by atoms with E-state index in [1.807, 2.05) is 0 Å². The van der Waals surface area contributed by atoms with Gasteiger partial charge in [-0.1, -0.05) is 0 Å². The third-order valence-electron chi connectivity index (χ3n) is 3.29. The molecule has 140 valence electrons. The fourth-order valence-electron chi connectivity index (χ4n) is 2.07. The van der Waals surface area contributed by atoms with Gasteiger partial charge in [-0.25, -0.2) is 17.9 Å². The van der Waals surface area contributed by atoms with Crippen LogP contribution in [0.5, 0.6) is 0 Å². The van der Waals surface area contributed by atoms with E-state index in [2.05, 4.69) is 15.0 Å². The molecule has 2 aromatic rings. The van der Waals surface area contributed by atoms with Gasteiger partial charge in [0.25, 0.3) is 5.91 Å². The molecular weight excluding hydrogens is 358 g/mol. The van der Waals surface area contributed by atoms with Crippen molar-refractivity contribution in [2.75, 3.05) is 5.32 Å². The van der Waals surface area contributed by atoms with Crippen molar-refractivity contribution in [2.24, 2.45) is 0 Å². The first-order valence-electron chi connectivity index (χ1n) is 7.96. The molecule has 26 heavy (non-hydrogen) atoms. The van der Waals surface area contributed by atoms with Crippen LogP contribution in [0.3, 0.4) is 0 Å². The SMILES string of the molecule is CC(C)NS(=O)(=O)c1ccc(NC(=O)[C@H](C)OC(=O)c2ccc[nH]2)cc1. The molecule has 9 heteroatoms. The Morgan fingerprint density at radius 1 is 1.08 bits per heavy atom. The van der Waals surface area contributed by atoms with Crippen LogP contribution in [0.4, 0.5) is 5.69 Å². The molecule has 2 rings (SSSR count). The third-order valence-corrected chi connectivity index (χ3v) is 4.97. The summed E-state index contributed by atoms with van der Waals surface area (Å²) in [6.07, 6.45) is 0.558. The lowest BCUT2D eigenvalue weighted by molar-refractivity contribution is -0.123. The molecule has 1 aromatic carbocycles. The Bertz CT molecular complexity index is 858. The van der Waals surface area contributed by atoms with E-state index in [0.29, 0.717) is 5.69 Å². The number of hydrogen-bond acceptors (Lipinski definition) is 5. The monoisotopic (exact) mass is 379 g/mol. The molecule has 8 nitrogen and oxygen atoms in total. The predicted octanol–water partition coefficient (Wildman–Crippen LogP) is 1.89. The molecule has 0 fully saturated rings. The van der Waals surface area contributed by atoms with Crippen molar-refractivity contribution < 1.29 is 22.7 Å². The standard InChI is InChI=1S/C17H21N3O5S/c1-11(2)20-26(23,24)14-8-6-13(7-9-14)19-16(21)12(3)25-17(22)15-5-4-10-18-15/h4-12,18,20H,1-3H3,(H,19,21)/t12-/m0/s1. The normalized spacial score (nSPS) is 12.6. The Labute approximate surface area is 152 Å². The number of amides is 1. The lowest BCUT2D eigenvalue weighted by Crippen LogP contribution is -2.30. The van der Waals surface area contributed by atoms with Gasteiger partial charge in [0.2, 0.25) is 10.0 Å². The number of aromatic nitrogens is 1. The van der Waals surface area contributed by atoms with Crippen LogP contribution in [-0.4, -0.2) is 37.4 Å². The van der Waals surface area contributed by atoms with E-state index in [9.17, 15) is 18.0 Å². The first kappa shape index (κ1) is 19.7. The molecule has 0 bridgehead atoms. The highest BCUT2D eigenvalue weighted by Crippen LogP contribution is 2.15. The fourth-order valence-corrected chi connectivity index (χ4v) is 3.33. The molecule has 0 saturated heterocycles. The molecule has 0 unspecified atom stereocenters. The number of carbonyl (C=O) groups is 2. The van der Waals surface area contributed by atoms with Gasteiger partial charge in [-0.3, -0.25) is 4.79 Å². The average Bonchev–Trinajstić information content (AvgIpc) is 3.08. The molecular formula is C17H21N3O5S. The number of benzene rings is 1. The molecule has 0 aliphatic heterocycles. The number of aromatic amines is 1. The Balaban J connectivity index is 1.97. The maximum Gasteiger partial charge on any atom is 0.355 e. The fraction of sp³-hybridized carbons (Fsp3) is 0.294. The van der Waals surface area contributed by atoms with Crippen LogP contribution < -0.4 is 10.0 Å². The number of nitrogens with one attached hydrogen (secondary N) is 3. The van der Waals surface area contributed by atoms with E-state index in [1.165, 1.54) is 37.3 Å². The van der Waals surface area contributed by atoms with Gasteiger partial charge in [-0.2, -0.15) is 0 Å². The quantitative estimate of drug-likeness (QED) is 0.635. The van der Waals surface area contributed by atoms with Crippen LogP contribution in [0.1, 0.15) is 31.3 Å². The molecule has 0 radical (unpaired) electrons. The van der Waals surface area contributed by atoms with Gasteiger partial charge in [0, 0.05) is 17.9 Å². The number of ether oxygens (including phenoxy) is 1. The Morgan fingerprint density at radius 3 is 2.27 bits per heavy atom. The predicted molar refractivity (Wildman–Crippen MR) is 96.2 cm³/mol. The molecule has 0 saturated carbocycles. The smallest absolute Gasteiger partial charge is 0.355 e. The van der Waals surface area contributed by atoms with Gasteiger partial charge in [0.15, 0.2) is 6.10 Å². The molecule has 1 aromatic heterocycles. The first-order chi connectivity index (χ1) is 12.2. The van der Waals surface area contributed by atoms with Crippen molar-refractivity contribution in [1.29, 1.82) is 0 Å². The summed E-state index contributed by atoms with van der Waals surface area (Å²) in [6, 6.07) is 8.65. The number of sulfonamides is 1. The van der Waals surface area contributed by atoms with Crippen LogP contribution in [0.15, 0.2) is 47.5 Å². The second-order valence-electron chi connectivity index (χ2n) is 5.92. The molecule has 0 aliphatic carbocycles. The van der Waals surface area contributed by atoms with Crippen LogP contribution >= 0.6 is 0 Å². The summed E-state index contributed by atoms with van der Waals surface area (Å²) in [5.74, 6) is -1.17. The molecule has 3 N–H and O–H groups in total. The van der Waals surface area contributed by atoms with Crippen LogP contribution in [0.25, 0.3) is 0 Å². The van der Waals surface area contributed by atoms with Crippen molar-refractivity contribution in [3.8, 4) is 0 Å². The largest absolute Gasteiger partial charge is 0.448 e. The minimum Gasteiger partial charge on any atom is -0.448 e. The highest BCUT2D eigenvalue weighted by atomic mass is 32.2. The summed E-state index contributed by atoms with van der Waals surface area (Å²) in [4.78, 5) is 26.7. The molecule has 0 spiro atoms. The first-order valence-corrected chi connectivity index (χ1v) is 9.45. The summed E-state index contributed by atoms with van der Waals surface area (Å²) >= 11 is 0. The van der Waals surface area contributed by atoms with Crippen LogP contribution in [0.2, 0.25) is 0 Å². The maximum atomic E-state index is 12.1. The second-order valence-corrected chi connectivity index (χ2v) is 7.63. The van der Waals surface area contributed by atoms with E-state index in [0.717, 1.165) is 0 Å². The van der Waals surface area contributed by atoms with E-state index < -0.39 is 28.0 Å².